The summed E-state index contributed by atoms with van der Waals surface area (Å²) < 4.78 is 7.32. The van der Waals surface area contributed by atoms with E-state index in [2.05, 4.69) is 22.3 Å². The van der Waals surface area contributed by atoms with Crippen LogP contribution >= 0.6 is 0 Å². The molecule has 2 aromatic heterocycles. The van der Waals surface area contributed by atoms with Gasteiger partial charge in [0.15, 0.2) is 12.2 Å². The fraction of sp³-hybridized carbons (Fsp3) is 0.800. The van der Waals surface area contributed by atoms with Crippen molar-refractivity contribution in [2.24, 2.45) is 40.9 Å². The number of rotatable bonds is 4. The predicted molar refractivity (Wildman–Crippen MR) is 122 cm³/mol. The van der Waals surface area contributed by atoms with Gasteiger partial charge in [-0.05, 0) is 110 Å². The summed E-state index contributed by atoms with van der Waals surface area (Å²) in [7, 11) is 0. The summed E-state index contributed by atoms with van der Waals surface area (Å²) in [4.78, 5) is 30.0. The van der Waals surface area contributed by atoms with Gasteiger partial charge in [-0.15, -0.1) is 4.68 Å². The Morgan fingerprint density at radius 3 is 2.71 bits per heavy atom. The van der Waals surface area contributed by atoms with Crippen molar-refractivity contribution < 1.29 is 14.3 Å². The minimum atomic E-state index is -0.491. The van der Waals surface area contributed by atoms with Crippen LogP contribution in [0.5, 0.6) is 0 Å². The molecule has 184 valence electrons. The maximum Gasteiger partial charge on any atom is 0.371 e. The van der Waals surface area contributed by atoms with Crippen LogP contribution in [0.2, 0.25) is 0 Å². The van der Waals surface area contributed by atoms with E-state index in [1.54, 1.807) is 0 Å². The molecule has 0 spiro atoms. The molecule has 1 N–H and O–H groups in total. The largest absolute Gasteiger partial charge is 0.425 e. The first-order chi connectivity index (χ1) is 16.3. The van der Waals surface area contributed by atoms with E-state index in [1.165, 1.54) is 31.9 Å². The van der Waals surface area contributed by atoms with Gasteiger partial charge in [-0.2, -0.15) is 4.68 Å². The third kappa shape index (κ3) is 3.41. The maximum absolute atomic E-state index is 13.5. The van der Waals surface area contributed by atoms with Crippen molar-refractivity contribution in [1.82, 2.24) is 24.8 Å². The number of oxazole rings is 1. The number of hydrogen-bond acceptors (Lipinski definition) is 7. The molecule has 8 atom stereocenters. The zero-order valence-corrected chi connectivity index (χ0v) is 20.1. The van der Waals surface area contributed by atoms with Gasteiger partial charge in [0.05, 0.1) is 11.8 Å². The van der Waals surface area contributed by atoms with Crippen LogP contribution in [0.15, 0.2) is 21.8 Å². The summed E-state index contributed by atoms with van der Waals surface area (Å²) in [5, 5.41) is 18.4. The van der Waals surface area contributed by atoms with Crippen LogP contribution in [0.3, 0.4) is 0 Å². The summed E-state index contributed by atoms with van der Waals surface area (Å²) in [6.45, 7) is 4.29. The van der Waals surface area contributed by atoms with Crippen molar-refractivity contribution >= 4 is 5.78 Å². The fourth-order valence-corrected chi connectivity index (χ4v) is 8.69. The highest BCUT2D eigenvalue weighted by Gasteiger charge is 2.58. The van der Waals surface area contributed by atoms with E-state index in [1.807, 2.05) is 6.92 Å². The standard InChI is InChI=1S/C25H35N5O4/c1-24(33)9-7-16-15(11-24)3-4-18-17(16)8-10-25(2)19(18)5-6-20(25)21(31)13-29-23(32)30(28-27-29)22-12-26-14-34-22/h12,14-20,33H,3-11,13H2,1-2H3/t15-,16+,17?,18-,19?,20-,24-,25+/m1/s1. The zero-order valence-electron chi connectivity index (χ0n) is 20.1. The molecule has 4 aliphatic carbocycles. The van der Waals surface area contributed by atoms with Crippen LogP contribution < -0.4 is 5.69 Å². The average Bonchev–Trinajstić information content (AvgIpc) is 3.52. The molecule has 4 fully saturated rings. The van der Waals surface area contributed by atoms with Gasteiger partial charge in [0.1, 0.15) is 6.54 Å². The fourth-order valence-electron chi connectivity index (χ4n) is 8.69. The van der Waals surface area contributed by atoms with E-state index in [0.29, 0.717) is 17.8 Å². The Morgan fingerprint density at radius 2 is 1.91 bits per heavy atom. The number of nitrogens with zero attached hydrogens (tertiary/aromatic N) is 5. The zero-order chi connectivity index (χ0) is 23.7. The molecule has 9 nitrogen and oxygen atoms in total. The van der Waals surface area contributed by atoms with Gasteiger partial charge in [-0.1, -0.05) is 6.92 Å². The smallest absolute Gasteiger partial charge is 0.371 e. The molecule has 0 bridgehead atoms. The average molecular weight is 470 g/mol. The lowest BCUT2D eigenvalue weighted by molar-refractivity contribution is -0.133. The Bertz CT molecular complexity index is 1120. The highest BCUT2D eigenvalue weighted by atomic mass is 16.4. The number of aromatic nitrogens is 5. The SMILES string of the molecule is C[C@@]1(O)CC[C@@H]2C3CC[C@@]4(C)C(CC[C@@H]4C(=O)Cn4nnn(-c5cnco5)c4=O)[C@@H]3CC[C@@H]2C1. The second kappa shape index (κ2) is 7.86. The molecular weight excluding hydrogens is 434 g/mol. The Kier molecular flexibility index (Phi) is 5.13. The van der Waals surface area contributed by atoms with E-state index in [9.17, 15) is 14.7 Å². The van der Waals surface area contributed by atoms with Crippen LogP contribution in [0.1, 0.15) is 71.6 Å². The molecule has 0 aromatic carbocycles. The Labute approximate surface area is 198 Å². The first-order valence-corrected chi connectivity index (χ1v) is 12.9. The van der Waals surface area contributed by atoms with Gasteiger partial charge in [-0.25, -0.2) is 9.78 Å². The first kappa shape index (κ1) is 22.2. The van der Waals surface area contributed by atoms with Crippen LogP contribution in [0.25, 0.3) is 5.88 Å². The van der Waals surface area contributed by atoms with Crippen molar-refractivity contribution in [3.05, 3.63) is 23.1 Å². The number of hydrogen-bond donors (Lipinski definition) is 1. The van der Waals surface area contributed by atoms with E-state index in [0.717, 1.165) is 59.7 Å². The molecule has 6 rings (SSSR count). The van der Waals surface area contributed by atoms with Crippen LogP contribution in [0, 0.1) is 40.9 Å². The molecule has 0 aliphatic heterocycles. The van der Waals surface area contributed by atoms with Crippen LogP contribution in [0.4, 0.5) is 0 Å². The summed E-state index contributed by atoms with van der Waals surface area (Å²) >= 11 is 0. The van der Waals surface area contributed by atoms with Gasteiger partial charge in [-0.3, -0.25) is 4.79 Å². The number of aliphatic hydroxyl groups is 1. The molecule has 9 heteroatoms. The van der Waals surface area contributed by atoms with Crippen LogP contribution in [-0.2, 0) is 11.3 Å². The molecular formula is C25H35N5O4. The predicted octanol–water partition coefficient (Wildman–Crippen LogP) is 3.01. The lowest BCUT2D eigenvalue weighted by Gasteiger charge is -2.56. The summed E-state index contributed by atoms with van der Waals surface area (Å²) in [5.74, 6) is 3.65. The summed E-state index contributed by atoms with van der Waals surface area (Å²) in [6.07, 6.45) is 12.4. The maximum atomic E-state index is 13.5. The summed E-state index contributed by atoms with van der Waals surface area (Å²) in [5.41, 5.74) is -0.981. The van der Waals surface area contributed by atoms with Gasteiger partial charge in [0.25, 0.3) is 0 Å². The topological polar surface area (TPSA) is 116 Å². The molecule has 0 amide bonds. The Morgan fingerprint density at radius 1 is 1.09 bits per heavy atom. The van der Waals surface area contributed by atoms with Crippen molar-refractivity contribution in [1.29, 1.82) is 0 Å². The van der Waals surface area contributed by atoms with E-state index < -0.39 is 11.3 Å². The van der Waals surface area contributed by atoms with Gasteiger partial charge in [0.2, 0.25) is 5.88 Å². The first-order valence-electron chi connectivity index (χ1n) is 12.9. The van der Waals surface area contributed by atoms with Gasteiger partial charge in [0, 0.05) is 5.92 Å². The number of tetrazole rings is 1. The quantitative estimate of drug-likeness (QED) is 0.732. The molecule has 2 unspecified atom stereocenters. The minimum absolute atomic E-state index is 0.00419. The van der Waals surface area contributed by atoms with Crippen molar-refractivity contribution in [2.45, 2.75) is 83.8 Å². The van der Waals surface area contributed by atoms with E-state index in [4.69, 9.17) is 4.42 Å². The van der Waals surface area contributed by atoms with Crippen molar-refractivity contribution in [3.63, 3.8) is 0 Å². The van der Waals surface area contributed by atoms with Crippen molar-refractivity contribution in [3.8, 4) is 5.88 Å². The molecule has 0 saturated heterocycles. The highest BCUT2D eigenvalue weighted by molar-refractivity contribution is 5.82. The number of carbonyl (C=O) groups is 1. The van der Waals surface area contributed by atoms with Gasteiger partial charge >= 0.3 is 5.69 Å². The summed E-state index contributed by atoms with van der Waals surface area (Å²) in [6, 6.07) is 0. The second-order valence-corrected chi connectivity index (χ2v) is 12.0. The van der Waals surface area contributed by atoms with E-state index >= 15 is 0 Å². The number of ketones is 1. The minimum Gasteiger partial charge on any atom is -0.425 e. The number of fused-ring (bicyclic) bond motifs is 5. The molecule has 34 heavy (non-hydrogen) atoms. The monoisotopic (exact) mass is 469 g/mol. The molecule has 2 heterocycles. The normalized spacial score (nSPS) is 41.5. The lowest BCUT2D eigenvalue weighted by atomic mass is 9.49. The second-order valence-electron chi connectivity index (χ2n) is 12.0. The van der Waals surface area contributed by atoms with Crippen molar-refractivity contribution in [2.75, 3.05) is 0 Å². The lowest BCUT2D eigenvalue weighted by Crippen LogP contribution is -2.51. The molecule has 4 saturated carbocycles. The molecule has 4 aliphatic rings. The molecule has 2 aromatic rings. The van der Waals surface area contributed by atoms with E-state index in [-0.39, 0.29) is 29.5 Å². The Hall–Kier alpha value is -2.29. The number of Topliss-reactive ketones (excluding diaryl/α,β-unsaturated/α-hetero) is 1. The highest BCUT2D eigenvalue weighted by Crippen LogP contribution is 2.64. The third-order valence-corrected chi connectivity index (χ3v) is 10.2. The van der Waals surface area contributed by atoms with Crippen LogP contribution in [-0.4, -0.2) is 41.3 Å². The number of carbonyl (C=O) groups excluding carboxylic acids is 1. The van der Waals surface area contributed by atoms with Gasteiger partial charge < -0.3 is 9.52 Å². The molecule has 0 radical (unpaired) electrons. The Balaban J connectivity index is 1.18. The third-order valence-electron chi connectivity index (χ3n) is 10.2.